The molecule has 0 aliphatic carbocycles. The number of nitrogens with zero attached hydrogens (tertiary/aromatic N) is 2. The number of aryl methyl sites for hydroxylation is 1. The summed E-state index contributed by atoms with van der Waals surface area (Å²) in [6.07, 6.45) is 2.28. The average molecular weight is 351 g/mol. The lowest BCUT2D eigenvalue weighted by atomic mass is 10.1. The lowest BCUT2D eigenvalue weighted by Gasteiger charge is -2.30. The van der Waals surface area contributed by atoms with Crippen LogP contribution in [0.1, 0.15) is 33.9 Å². The summed E-state index contributed by atoms with van der Waals surface area (Å²) in [7, 11) is 3.07. The van der Waals surface area contributed by atoms with Crippen LogP contribution < -0.4 is 5.56 Å². The fourth-order valence-electron chi connectivity index (χ4n) is 3.07. The highest BCUT2D eigenvalue weighted by Crippen LogP contribution is 2.27. The molecule has 0 bridgehead atoms. The number of hydrogen-bond donors (Lipinski definition) is 1. The topological polar surface area (TPSA) is 84.5 Å². The van der Waals surface area contributed by atoms with Crippen molar-refractivity contribution in [1.82, 2.24) is 14.9 Å². The van der Waals surface area contributed by atoms with Crippen LogP contribution in [0.3, 0.4) is 0 Å². The fourth-order valence-corrected chi connectivity index (χ4v) is 4.18. The molecule has 0 atom stereocenters. The molecule has 0 saturated carbocycles. The summed E-state index contributed by atoms with van der Waals surface area (Å²) in [6.45, 7) is 4.16. The van der Waals surface area contributed by atoms with E-state index in [4.69, 9.17) is 9.47 Å². The molecule has 1 aliphatic rings. The van der Waals surface area contributed by atoms with Crippen LogP contribution >= 0.6 is 11.3 Å². The summed E-state index contributed by atoms with van der Waals surface area (Å²) < 4.78 is 10.1. The van der Waals surface area contributed by atoms with Gasteiger partial charge in [0.25, 0.3) is 5.56 Å². The third-order valence-electron chi connectivity index (χ3n) is 4.46. The lowest BCUT2D eigenvalue weighted by Crippen LogP contribution is -2.36. The third kappa shape index (κ3) is 3.22. The molecular formula is C16H21N3O4S. The van der Waals surface area contributed by atoms with Gasteiger partial charge in [0.15, 0.2) is 0 Å². The smallest absolute Gasteiger partial charge is 0.348 e. The first-order valence-corrected chi connectivity index (χ1v) is 8.71. The van der Waals surface area contributed by atoms with Gasteiger partial charge < -0.3 is 14.5 Å². The number of methoxy groups -OCH3 is 2. The molecule has 0 amide bonds. The van der Waals surface area contributed by atoms with Crippen molar-refractivity contribution in [2.45, 2.75) is 32.4 Å². The summed E-state index contributed by atoms with van der Waals surface area (Å²) in [6, 6.07) is 0. The van der Waals surface area contributed by atoms with Gasteiger partial charge in [0, 0.05) is 20.2 Å². The molecule has 0 aromatic carbocycles. The van der Waals surface area contributed by atoms with Gasteiger partial charge in [-0.2, -0.15) is 0 Å². The number of piperidine rings is 1. The molecule has 130 valence electrons. The Morgan fingerprint density at radius 1 is 1.38 bits per heavy atom. The lowest BCUT2D eigenvalue weighted by molar-refractivity contribution is 0.0381. The molecule has 24 heavy (non-hydrogen) atoms. The zero-order valence-electron chi connectivity index (χ0n) is 14.0. The molecule has 7 nitrogen and oxygen atoms in total. The highest BCUT2D eigenvalue weighted by molar-refractivity contribution is 7.20. The maximum Gasteiger partial charge on any atom is 0.348 e. The number of thiophene rings is 1. The van der Waals surface area contributed by atoms with E-state index in [1.807, 2.05) is 0 Å². The molecule has 3 heterocycles. The van der Waals surface area contributed by atoms with Crippen LogP contribution in [0.25, 0.3) is 10.2 Å². The zero-order chi connectivity index (χ0) is 17.3. The molecule has 8 heteroatoms. The van der Waals surface area contributed by atoms with Crippen molar-refractivity contribution in [3.8, 4) is 0 Å². The number of carbonyl (C=O) groups is 1. The van der Waals surface area contributed by atoms with Crippen molar-refractivity contribution in [2.75, 3.05) is 27.3 Å². The van der Waals surface area contributed by atoms with Gasteiger partial charge >= 0.3 is 5.97 Å². The van der Waals surface area contributed by atoms with Gasteiger partial charge in [0.1, 0.15) is 15.5 Å². The molecule has 1 N–H and O–H groups in total. The summed E-state index contributed by atoms with van der Waals surface area (Å²) >= 11 is 1.21. The van der Waals surface area contributed by atoms with Gasteiger partial charge in [0.2, 0.25) is 0 Å². The summed E-state index contributed by atoms with van der Waals surface area (Å²) in [5.41, 5.74) is 0.425. The van der Waals surface area contributed by atoms with E-state index in [9.17, 15) is 9.59 Å². The van der Waals surface area contributed by atoms with E-state index in [-0.39, 0.29) is 5.56 Å². The molecule has 1 aliphatic heterocycles. The second kappa shape index (κ2) is 7.00. The summed E-state index contributed by atoms with van der Waals surface area (Å²) in [4.78, 5) is 34.9. The number of aromatic nitrogens is 2. The monoisotopic (exact) mass is 351 g/mol. The first-order chi connectivity index (χ1) is 11.5. The molecular weight excluding hydrogens is 330 g/mol. The Balaban J connectivity index is 1.86. The zero-order valence-corrected chi connectivity index (χ0v) is 14.9. The number of esters is 1. The Morgan fingerprint density at radius 2 is 2.08 bits per heavy atom. The molecule has 1 saturated heterocycles. The number of aromatic amines is 1. The molecule has 2 aromatic heterocycles. The standard InChI is InChI=1S/C16H21N3O4S/c1-9-12-14(20)17-11(8-19-6-4-10(22-2)5-7-19)18-15(12)24-13(9)16(21)23-3/h10H,4-8H2,1-3H3,(H,17,18,20). The normalized spacial score (nSPS) is 16.6. The third-order valence-corrected chi connectivity index (χ3v) is 5.63. The van der Waals surface area contributed by atoms with E-state index in [0.29, 0.717) is 39.1 Å². The van der Waals surface area contributed by atoms with Crippen LogP contribution in [0.2, 0.25) is 0 Å². The van der Waals surface area contributed by atoms with E-state index in [0.717, 1.165) is 25.9 Å². The quantitative estimate of drug-likeness (QED) is 0.844. The predicted molar refractivity (Wildman–Crippen MR) is 91.6 cm³/mol. The number of H-pyrrole nitrogens is 1. The average Bonchev–Trinajstić information content (AvgIpc) is 2.92. The van der Waals surface area contributed by atoms with Crippen molar-refractivity contribution in [3.63, 3.8) is 0 Å². The first kappa shape index (κ1) is 17.1. The highest BCUT2D eigenvalue weighted by Gasteiger charge is 2.22. The van der Waals surface area contributed by atoms with E-state index < -0.39 is 5.97 Å². The number of hydrogen-bond acceptors (Lipinski definition) is 7. The Morgan fingerprint density at radius 3 is 2.71 bits per heavy atom. The number of carbonyl (C=O) groups excluding carboxylic acids is 1. The van der Waals surface area contributed by atoms with Crippen molar-refractivity contribution < 1.29 is 14.3 Å². The second-order valence-corrected chi connectivity index (χ2v) is 6.95. The van der Waals surface area contributed by atoms with E-state index in [1.165, 1.54) is 18.4 Å². The van der Waals surface area contributed by atoms with Crippen LogP contribution in [0.5, 0.6) is 0 Å². The van der Waals surface area contributed by atoms with Crippen LogP contribution in [0.15, 0.2) is 4.79 Å². The predicted octanol–water partition coefficient (Wildman–Crippen LogP) is 1.69. The molecule has 0 radical (unpaired) electrons. The number of nitrogens with one attached hydrogen (secondary N) is 1. The van der Waals surface area contributed by atoms with Crippen LogP contribution in [-0.4, -0.2) is 54.3 Å². The number of fused-ring (bicyclic) bond motifs is 1. The SMILES string of the molecule is COC(=O)c1sc2nc(CN3CCC(OC)CC3)[nH]c(=O)c2c1C. The minimum Gasteiger partial charge on any atom is -0.465 e. The Kier molecular flexibility index (Phi) is 4.98. The van der Waals surface area contributed by atoms with E-state index in [1.54, 1.807) is 14.0 Å². The number of rotatable bonds is 4. The van der Waals surface area contributed by atoms with Crippen molar-refractivity contribution in [3.05, 3.63) is 26.6 Å². The minimum atomic E-state index is -0.432. The maximum atomic E-state index is 12.4. The molecule has 3 rings (SSSR count). The Bertz CT molecular complexity index is 805. The number of likely N-dealkylation sites (tertiary alicyclic amines) is 1. The second-order valence-electron chi connectivity index (χ2n) is 5.95. The largest absolute Gasteiger partial charge is 0.465 e. The van der Waals surface area contributed by atoms with Crippen LogP contribution in [-0.2, 0) is 16.0 Å². The van der Waals surface area contributed by atoms with E-state index in [2.05, 4.69) is 14.9 Å². The molecule has 0 unspecified atom stereocenters. The Labute approximate surface area is 143 Å². The van der Waals surface area contributed by atoms with Gasteiger partial charge in [-0.05, 0) is 25.3 Å². The van der Waals surface area contributed by atoms with Crippen molar-refractivity contribution in [2.24, 2.45) is 0 Å². The van der Waals surface area contributed by atoms with Gasteiger partial charge in [-0.15, -0.1) is 11.3 Å². The maximum absolute atomic E-state index is 12.4. The fraction of sp³-hybridized carbons (Fsp3) is 0.562. The van der Waals surface area contributed by atoms with Crippen molar-refractivity contribution in [1.29, 1.82) is 0 Å². The number of ether oxygens (including phenoxy) is 2. The van der Waals surface area contributed by atoms with Crippen LogP contribution in [0.4, 0.5) is 0 Å². The summed E-state index contributed by atoms with van der Waals surface area (Å²) in [5, 5.41) is 0.474. The minimum absolute atomic E-state index is 0.203. The highest BCUT2D eigenvalue weighted by atomic mass is 32.1. The molecule has 1 fully saturated rings. The van der Waals surface area contributed by atoms with E-state index >= 15 is 0 Å². The van der Waals surface area contributed by atoms with Gasteiger partial charge in [-0.3, -0.25) is 9.69 Å². The Hall–Kier alpha value is -1.77. The van der Waals surface area contributed by atoms with Crippen molar-refractivity contribution >= 4 is 27.5 Å². The molecule has 2 aromatic rings. The van der Waals surface area contributed by atoms with Crippen LogP contribution in [0, 0.1) is 6.92 Å². The molecule has 0 spiro atoms. The van der Waals surface area contributed by atoms with Gasteiger partial charge in [-0.1, -0.05) is 0 Å². The van der Waals surface area contributed by atoms with Gasteiger partial charge in [0.05, 0.1) is 25.1 Å². The first-order valence-electron chi connectivity index (χ1n) is 7.89. The van der Waals surface area contributed by atoms with Gasteiger partial charge in [-0.25, -0.2) is 9.78 Å². The summed E-state index contributed by atoms with van der Waals surface area (Å²) in [5.74, 6) is 0.194.